The first-order valence-corrected chi connectivity index (χ1v) is 10.9. The van der Waals surface area contributed by atoms with Gasteiger partial charge in [-0.1, -0.05) is 43.5 Å². The standard InChI is InChI=1S/C23H26N4O3/c28-21-19-15-25(22(29)20-18-10-5-4-7-16(18)11-12-24-20)13-6-14-26(19)23(30)27(21)17-8-2-1-3-9-17/h4-5,7,10-12,17,19H,1-3,6,8-9,13-15H2. The number of rotatable bonds is 2. The molecule has 2 aromatic rings. The number of amides is 4. The molecule has 7 nitrogen and oxygen atoms in total. The summed E-state index contributed by atoms with van der Waals surface area (Å²) in [7, 11) is 0. The fourth-order valence-corrected chi connectivity index (χ4v) is 5.12. The number of benzene rings is 1. The van der Waals surface area contributed by atoms with Gasteiger partial charge in [-0.05, 0) is 30.7 Å². The monoisotopic (exact) mass is 406 g/mol. The molecule has 30 heavy (non-hydrogen) atoms. The molecular weight excluding hydrogens is 380 g/mol. The lowest BCUT2D eigenvalue weighted by Gasteiger charge is -2.29. The zero-order chi connectivity index (χ0) is 20.7. The van der Waals surface area contributed by atoms with Gasteiger partial charge >= 0.3 is 6.03 Å². The van der Waals surface area contributed by atoms with Crippen LogP contribution in [0, 0.1) is 0 Å². The van der Waals surface area contributed by atoms with E-state index in [0.717, 1.165) is 36.5 Å². The Morgan fingerprint density at radius 1 is 0.967 bits per heavy atom. The van der Waals surface area contributed by atoms with Gasteiger partial charge in [0.05, 0.1) is 6.54 Å². The predicted octanol–water partition coefficient (Wildman–Crippen LogP) is 3.05. The molecule has 1 saturated carbocycles. The van der Waals surface area contributed by atoms with Crippen LogP contribution < -0.4 is 0 Å². The lowest BCUT2D eigenvalue weighted by Crippen LogP contribution is -2.45. The Balaban J connectivity index is 1.41. The van der Waals surface area contributed by atoms with E-state index in [2.05, 4.69) is 4.98 Å². The summed E-state index contributed by atoms with van der Waals surface area (Å²) in [4.78, 5) is 48.9. The van der Waals surface area contributed by atoms with Crippen molar-refractivity contribution in [3.63, 3.8) is 0 Å². The highest BCUT2D eigenvalue weighted by Crippen LogP contribution is 2.30. The number of fused-ring (bicyclic) bond motifs is 2. The minimum absolute atomic E-state index is 0.00885. The molecule has 1 aromatic carbocycles. The van der Waals surface area contributed by atoms with Gasteiger partial charge in [-0.25, -0.2) is 4.79 Å². The number of pyridine rings is 1. The fourth-order valence-electron chi connectivity index (χ4n) is 5.12. The third-order valence-electron chi connectivity index (χ3n) is 6.67. The zero-order valence-corrected chi connectivity index (χ0v) is 17.0. The largest absolute Gasteiger partial charge is 0.335 e. The Kier molecular flexibility index (Phi) is 4.89. The number of carbonyl (C=O) groups is 3. The molecule has 2 saturated heterocycles. The Bertz CT molecular complexity index is 996. The first kappa shape index (κ1) is 19.0. The van der Waals surface area contributed by atoms with Crippen LogP contribution in [0.4, 0.5) is 4.79 Å². The Morgan fingerprint density at radius 3 is 2.60 bits per heavy atom. The summed E-state index contributed by atoms with van der Waals surface area (Å²) < 4.78 is 0. The van der Waals surface area contributed by atoms with Crippen molar-refractivity contribution in [2.75, 3.05) is 19.6 Å². The number of urea groups is 1. The number of aromatic nitrogens is 1. The lowest BCUT2D eigenvalue weighted by molar-refractivity contribution is -0.130. The van der Waals surface area contributed by atoms with Gasteiger partial charge < -0.3 is 9.80 Å². The van der Waals surface area contributed by atoms with Crippen molar-refractivity contribution in [1.29, 1.82) is 0 Å². The van der Waals surface area contributed by atoms with Crippen LogP contribution in [-0.4, -0.2) is 69.2 Å². The van der Waals surface area contributed by atoms with Crippen molar-refractivity contribution in [1.82, 2.24) is 19.7 Å². The molecule has 3 fully saturated rings. The molecule has 0 radical (unpaired) electrons. The smallest absolute Gasteiger partial charge is 0.327 e. The first-order valence-electron chi connectivity index (χ1n) is 10.9. The summed E-state index contributed by atoms with van der Waals surface area (Å²) in [5.74, 6) is -0.317. The van der Waals surface area contributed by atoms with E-state index < -0.39 is 6.04 Å². The number of carbonyl (C=O) groups excluding carboxylic acids is 3. The normalized spacial score (nSPS) is 23.1. The topological polar surface area (TPSA) is 73.8 Å². The minimum atomic E-state index is -0.583. The second-order valence-corrected chi connectivity index (χ2v) is 8.48. The quantitative estimate of drug-likeness (QED) is 0.719. The molecule has 1 atom stereocenters. The predicted molar refractivity (Wildman–Crippen MR) is 112 cm³/mol. The molecule has 156 valence electrons. The molecule has 0 spiro atoms. The summed E-state index contributed by atoms with van der Waals surface area (Å²) in [6.45, 7) is 1.25. The van der Waals surface area contributed by atoms with Crippen LogP contribution >= 0.6 is 0 Å². The van der Waals surface area contributed by atoms with Crippen molar-refractivity contribution in [2.45, 2.75) is 50.6 Å². The third kappa shape index (κ3) is 3.13. The molecule has 0 bridgehead atoms. The van der Waals surface area contributed by atoms with Crippen molar-refractivity contribution in [3.8, 4) is 0 Å². The summed E-state index contributed by atoms with van der Waals surface area (Å²) in [5.41, 5.74) is 0.405. The summed E-state index contributed by atoms with van der Waals surface area (Å²) in [6, 6.07) is 8.82. The van der Waals surface area contributed by atoms with Crippen LogP contribution in [0.2, 0.25) is 0 Å². The summed E-state index contributed by atoms with van der Waals surface area (Å²) in [5, 5.41) is 1.77. The van der Waals surface area contributed by atoms with Crippen LogP contribution in [0.25, 0.3) is 10.8 Å². The van der Waals surface area contributed by atoms with E-state index in [9.17, 15) is 14.4 Å². The highest BCUT2D eigenvalue weighted by molar-refractivity contribution is 6.07. The van der Waals surface area contributed by atoms with E-state index in [4.69, 9.17) is 0 Å². The molecule has 4 amide bonds. The van der Waals surface area contributed by atoms with Gasteiger partial charge in [0.2, 0.25) is 0 Å². The molecule has 0 N–H and O–H groups in total. The average Bonchev–Trinajstić information content (AvgIpc) is 2.93. The maximum atomic E-state index is 13.4. The van der Waals surface area contributed by atoms with E-state index in [1.54, 1.807) is 16.0 Å². The summed E-state index contributed by atoms with van der Waals surface area (Å²) in [6.07, 6.45) is 7.37. The van der Waals surface area contributed by atoms with E-state index in [1.807, 2.05) is 30.3 Å². The minimum Gasteiger partial charge on any atom is -0.335 e. The Labute approximate surface area is 175 Å². The fraction of sp³-hybridized carbons (Fsp3) is 0.478. The number of hydrogen-bond donors (Lipinski definition) is 0. The van der Waals surface area contributed by atoms with Crippen LogP contribution in [0.3, 0.4) is 0 Å². The molecule has 2 aliphatic heterocycles. The van der Waals surface area contributed by atoms with E-state index >= 15 is 0 Å². The maximum Gasteiger partial charge on any atom is 0.327 e. The molecule has 3 heterocycles. The van der Waals surface area contributed by atoms with Crippen LogP contribution in [0.15, 0.2) is 36.5 Å². The van der Waals surface area contributed by atoms with Gasteiger partial charge in [-0.2, -0.15) is 0 Å². The molecule has 1 unspecified atom stereocenters. The highest BCUT2D eigenvalue weighted by Gasteiger charge is 2.49. The van der Waals surface area contributed by atoms with Crippen molar-refractivity contribution in [2.24, 2.45) is 0 Å². The van der Waals surface area contributed by atoms with Gasteiger partial charge in [0, 0.05) is 30.7 Å². The number of nitrogens with zero attached hydrogens (tertiary/aromatic N) is 4. The molecular formula is C23H26N4O3. The lowest BCUT2D eigenvalue weighted by atomic mass is 9.94. The van der Waals surface area contributed by atoms with Gasteiger partial charge in [0.15, 0.2) is 0 Å². The van der Waals surface area contributed by atoms with Gasteiger partial charge in [-0.15, -0.1) is 0 Å². The first-order chi connectivity index (χ1) is 14.6. The molecule has 7 heteroatoms. The van der Waals surface area contributed by atoms with Crippen molar-refractivity contribution >= 4 is 28.6 Å². The molecule has 5 rings (SSSR count). The second-order valence-electron chi connectivity index (χ2n) is 8.48. The zero-order valence-electron chi connectivity index (χ0n) is 17.0. The van der Waals surface area contributed by atoms with Crippen molar-refractivity contribution < 1.29 is 14.4 Å². The van der Waals surface area contributed by atoms with E-state index in [0.29, 0.717) is 25.2 Å². The summed E-state index contributed by atoms with van der Waals surface area (Å²) >= 11 is 0. The van der Waals surface area contributed by atoms with E-state index in [-0.39, 0.29) is 30.4 Å². The third-order valence-corrected chi connectivity index (χ3v) is 6.67. The number of hydrogen-bond acceptors (Lipinski definition) is 4. The Morgan fingerprint density at radius 2 is 1.77 bits per heavy atom. The van der Waals surface area contributed by atoms with Gasteiger partial charge in [0.25, 0.3) is 11.8 Å². The highest BCUT2D eigenvalue weighted by atomic mass is 16.2. The van der Waals surface area contributed by atoms with Gasteiger partial charge in [0.1, 0.15) is 11.7 Å². The van der Waals surface area contributed by atoms with Gasteiger partial charge in [-0.3, -0.25) is 19.5 Å². The molecule has 1 aliphatic carbocycles. The molecule has 3 aliphatic rings. The Hall–Kier alpha value is -2.96. The SMILES string of the molecule is O=C(c1nccc2ccccc12)N1CCCN2C(=O)N(C3CCCCC3)C(=O)C2C1. The van der Waals surface area contributed by atoms with Crippen molar-refractivity contribution in [3.05, 3.63) is 42.2 Å². The van der Waals surface area contributed by atoms with Crippen LogP contribution in [0.5, 0.6) is 0 Å². The number of imide groups is 1. The average molecular weight is 406 g/mol. The van der Waals surface area contributed by atoms with E-state index in [1.165, 1.54) is 11.3 Å². The second kappa shape index (κ2) is 7.70. The van der Waals surface area contributed by atoms with Crippen LogP contribution in [0.1, 0.15) is 49.0 Å². The van der Waals surface area contributed by atoms with Crippen LogP contribution in [-0.2, 0) is 4.79 Å². The maximum absolute atomic E-state index is 13.4. The molecule has 1 aromatic heterocycles.